The van der Waals surface area contributed by atoms with Crippen molar-refractivity contribution in [3.63, 3.8) is 0 Å². The molecule has 19 heavy (non-hydrogen) atoms. The average Bonchev–Trinajstić information content (AvgIpc) is 2.91. The van der Waals surface area contributed by atoms with E-state index in [1.807, 2.05) is 0 Å². The molecule has 110 valence electrons. The summed E-state index contributed by atoms with van der Waals surface area (Å²) in [6.45, 7) is 7.41. The molecular formula is C17H32N2. The molecule has 1 N–H and O–H groups in total. The molecule has 3 rings (SSSR count). The van der Waals surface area contributed by atoms with Crippen molar-refractivity contribution in [3.05, 3.63) is 0 Å². The maximum absolute atomic E-state index is 4.02. The Morgan fingerprint density at radius 3 is 2.26 bits per heavy atom. The highest BCUT2D eigenvalue weighted by Crippen LogP contribution is 2.42. The van der Waals surface area contributed by atoms with Crippen LogP contribution in [0, 0.1) is 0 Å². The summed E-state index contributed by atoms with van der Waals surface area (Å²) in [4.78, 5) is 2.94. The lowest BCUT2D eigenvalue weighted by Gasteiger charge is -2.57. The highest BCUT2D eigenvalue weighted by molar-refractivity contribution is 5.08. The summed E-state index contributed by atoms with van der Waals surface area (Å²) < 4.78 is 0. The highest BCUT2D eigenvalue weighted by atomic mass is 15.3. The van der Waals surface area contributed by atoms with Gasteiger partial charge < -0.3 is 5.32 Å². The van der Waals surface area contributed by atoms with Crippen LogP contribution >= 0.6 is 0 Å². The molecule has 1 aliphatic heterocycles. The van der Waals surface area contributed by atoms with E-state index < -0.39 is 0 Å². The van der Waals surface area contributed by atoms with Crippen LogP contribution in [0.15, 0.2) is 0 Å². The van der Waals surface area contributed by atoms with Gasteiger partial charge in [-0.1, -0.05) is 39.0 Å². The maximum atomic E-state index is 4.02. The molecule has 0 aromatic carbocycles. The van der Waals surface area contributed by atoms with E-state index in [1.165, 1.54) is 77.3 Å². The van der Waals surface area contributed by atoms with Gasteiger partial charge in [-0.3, -0.25) is 4.90 Å². The van der Waals surface area contributed by atoms with Gasteiger partial charge in [0, 0.05) is 30.2 Å². The second kappa shape index (κ2) is 5.37. The fourth-order valence-electron chi connectivity index (χ4n) is 4.91. The Labute approximate surface area is 119 Å². The average molecular weight is 264 g/mol. The summed E-state index contributed by atoms with van der Waals surface area (Å²) in [5.41, 5.74) is 0.980. The Morgan fingerprint density at radius 1 is 1.00 bits per heavy atom. The first kappa shape index (κ1) is 13.9. The van der Waals surface area contributed by atoms with Gasteiger partial charge in [0.05, 0.1) is 0 Å². The number of nitrogens with zero attached hydrogens (tertiary/aromatic N) is 1. The van der Waals surface area contributed by atoms with Crippen molar-refractivity contribution >= 4 is 0 Å². The fourth-order valence-corrected chi connectivity index (χ4v) is 4.91. The van der Waals surface area contributed by atoms with Gasteiger partial charge in [-0.05, 0) is 39.0 Å². The van der Waals surface area contributed by atoms with Crippen LogP contribution in [0.25, 0.3) is 0 Å². The standard InChI is InChI=1S/C17H32N2/c1-3-15(2)19-14-16(9-7-8-10-16)18-13-17(19)11-5-4-6-12-17/h15,18H,3-14H2,1-2H3. The van der Waals surface area contributed by atoms with Crippen molar-refractivity contribution in [2.75, 3.05) is 13.1 Å². The highest BCUT2D eigenvalue weighted by Gasteiger charge is 2.49. The minimum Gasteiger partial charge on any atom is -0.308 e. The number of rotatable bonds is 2. The zero-order valence-corrected chi connectivity index (χ0v) is 13.0. The Bertz CT molecular complexity index is 300. The lowest BCUT2D eigenvalue weighted by Crippen LogP contribution is -2.71. The third kappa shape index (κ3) is 2.47. The van der Waals surface area contributed by atoms with Crippen molar-refractivity contribution in [2.45, 2.75) is 95.2 Å². The maximum Gasteiger partial charge on any atom is 0.0337 e. The largest absolute Gasteiger partial charge is 0.308 e. The van der Waals surface area contributed by atoms with Crippen LogP contribution in [0.3, 0.4) is 0 Å². The summed E-state index contributed by atoms with van der Waals surface area (Å²) in [5, 5.41) is 4.02. The second-order valence-electron chi connectivity index (χ2n) is 7.51. The van der Waals surface area contributed by atoms with Crippen molar-refractivity contribution in [1.82, 2.24) is 10.2 Å². The number of hydrogen-bond acceptors (Lipinski definition) is 2. The molecule has 2 heteroatoms. The molecule has 3 aliphatic rings. The van der Waals surface area contributed by atoms with Crippen LogP contribution in [-0.2, 0) is 0 Å². The van der Waals surface area contributed by atoms with Gasteiger partial charge in [-0.2, -0.15) is 0 Å². The molecule has 0 aromatic heterocycles. The van der Waals surface area contributed by atoms with Crippen molar-refractivity contribution in [3.8, 4) is 0 Å². The zero-order valence-electron chi connectivity index (χ0n) is 13.0. The smallest absolute Gasteiger partial charge is 0.0337 e. The second-order valence-corrected chi connectivity index (χ2v) is 7.51. The van der Waals surface area contributed by atoms with Crippen LogP contribution in [0.4, 0.5) is 0 Å². The van der Waals surface area contributed by atoms with E-state index in [1.54, 1.807) is 0 Å². The normalized spacial score (nSPS) is 31.9. The fraction of sp³-hybridized carbons (Fsp3) is 1.00. The van der Waals surface area contributed by atoms with E-state index in [4.69, 9.17) is 0 Å². The van der Waals surface area contributed by atoms with Gasteiger partial charge in [0.1, 0.15) is 0 Å². The van der Waals surface area contributed by atoms with Crippen LogP contribution in [0.2, 0.25) is 0 Å². The predicted octanol–water partition coefficient (Wildman–Crippen LogP) is 3.71. The first-order valence-corrected chi connectivity index (χ1v) is 8.72. The van der Waals surface area contributed by atoms with Gasteiger partial charge in [0.15, 0.2) is 0 Å². The van der Waals surface area contributed by atoms with Crippen LogP contribution in [-0.4, -0.2) is 35.1 Å². The molecule has 1 saturated heterocycles. The Balaban J connectivity index is 1.81. The van der Waals surface area contributed by atoms with E-state index in [0.717, 1.165) is 6.04 Å². The number of hydrogen-bond donors (Lipinski definition) is 1. The van der Waals surface area contributed by atoms with Gasteiger partial charge in [-0.25, -0.2) is 0 Å². The SMILES string of the molecule is CCC(C)N1CC2(CCCC2)NCC12CCCCC2. The van der Waals surface area contributed by atoms with Crippen LogP contribution in [0.5, 0.6) is 0 Å². The molecule has 1 atom stereocenters. The van der Waals surface area contributed by atoms with Crippen LogP contribution in [0.1, 0.15) is 78.1 Å². The van der Waals surface area contributed by atoms with Crippen molar-refractivity contribution < 1.29 is 0 Å². The molecule has 2 aliphatic carbocycles. The van der Waals surface area contributed by atoms with E-state index in [2.05, 4.69) is 24.1 Å². The minimum absolute atomic E-state index is 0.478. The Kier molecular flexibility index (Phi) is 3.92. The molecule has 3 fully saturated rings. The van der Waals surface area contributed by atoms with E-state index in [0.29, 0.717) is 11.1 Å². The molecule has 0 amide bonds. The summed E-state index contributed by atoms with van der Waals surface area (Å²) in [5.74, 6) is 0. The molecule has 2 saturated carbocycles. The van der Waals surface area contributed by atoms with E-state index >= 15 is 0 Å². The van der Waals surface area contributed by atoms with Crippen molar-refractivity contribution in [1.29, 1.82) is 0 Å². The molecule has 0 bridgehead atoms. The summed E-state index contributed by atoms with van der Waals surface area (Å²) in [6, 6.07) is 0.762. The topological polar surface area (TPSA) is 15.3 Å². The Morgan fingerprint density at radius 2 is 1.63 bits per heavy atom. The van der Waals surface area contributed by atoms with Gasteiger partial charge >= 0.3 is 0 Å². The third-order valence-corrected chi connectivity index (χ3v) is 6.34. The summed E-state index contributed by atoms with van der Waals surface area (Å²) >= 11 is 0. The van der Waals surface area contributed by atoms with Gasteiger partial charge in [-0.15, -0.1) is 0 Å². The number of nitrogens with one attached hydrogen (secondary N) is 1. The monoisotopic (exact) mass is 264 g/mol. The summed E-state index contributed by atoms with van der Waals surface area (Å²) in [7, 11) is 0. The predicted molar refractivity (Wildman–Crippen MR) is 81.5 cm³/mol. The van der Waals surface area contributed by atoms with Crippen molar-refractivity contribution in [2.24, 2.45) is 0 Å². The zero-order chi connectivity index (χ0) is 13.3. The molecule has 0 aromatic rings. The quantitative estimate of drug-likeness (QED) is 0.818. The third-order valence-electron chi connectivity index (χ3n) is 6.34. The van der Waals surface area contributed by atoms with Gasteiger partial charge in [0.25, 0.3) is 0 Å². The van der Waals surface area contributed by atoms with E-state index in [-0.39, 0.29) is 0 Å². The molecule has 2 nitrogen and oxygen atoms in total. The first-order chi connectivity index (χ1) is 9.20. The molecule has 1 heterocycles. The lowest BCUT2D eigenvalue weighted by atomic mass is 9.75. The molecule has 2 spiro atoms. The van der Waals surface area contributed by atoms with E-state index in [9.17, 15) is 0 Å². The molecule has 0 radical (unpaired) electrons. The minimum atomic E-state index is 0.478. The Hall–Kier alpha value is -0.0800. The lowest BCUT2D eigenvalue weighted by molar-refractivity contribution is -0.0432. The first-order valence-electron chi connectivity index (χ1n) is 8.72. The molecular weight excluding hydrogens is 232 g/mol. The molecule has 1 unspecified atom stereocenters. The van der Waals surface area contributed by atoms with Gasteiger partial charge in [0.2, 0.25) is 0 Å². The van der Waals surface area contributed by atoms with Crippen LogP contribution < -0.4 is 5.32 Å². The number of piperazine rings is 1. The summed E-state index contributed by atoms with van der Waals surface area (Å²) in [6.07, 6.45) is 14.2.